The Hall–Kier alpha value is -1.74. The first-order valence-electron chi connectivity index (χ1n) is 17.8. The largest absolute Gasteiger partial charge is 0.462 e. The summed E-state index contributed by atoms with van der Waals surface area (Å²) in [5.74, 6) is -1.19. The van der Waals surface area contributed by atoms with Gasteiger partial charge in [0.25, 0.3) is 0 Å². The lowest BCUT2D eigenvalue weighted by atomic mass is 9.73. The Labute approximate surface area is 293 Å². The predicted octanol–water partition coefficient (Wildman–Crippen LogP) is 3.40. The fourth-order valence-corrected chi connectivity index (χ4v) is 7.37. The third kappa shape index (κ3) is 11.1. The highest BCUT2D eigenvalue weighted by Gasteiger charge is 2.51. The maximum atomic E-state index is 12.8. The lowest BCUT2D eigenvalue weighted by Crippen LogP contribution is -2.65. The Balaban J connectivity index is 1.94. The molecule has 0 aromatic carbocycles. The van der Waals surface area contributed by atoms with Gasteiger partial charge in [-0.2, -0.15) is 0 Å². The van der Waals surface area contributed by atoms with Crippen molar-refractivity contribution in [2.45, 2.75) is 154 Å². The molecule has 49 heavy (non-hydrogen) atoms. The van der Waals surface area contributed by atoms with Crippen LogP contribution in [0.5, 0.6) is 0 Å². The molecular weight excluding hydrogens is 634 g/mol. The van der Waals surface area contributed by atoms with Gasteiger partial charge in [-0.1, -0.05) is 52.0 Å². The van der Waals surface area contributed by atoms with E-state index in [4.69, 9.17) is 28.4 Å². The van der Waals surface area contributed by atoms with Crippen molar-refractivity contribution in [2.24, 2.45) is 23.2 Å². The van der Waals surface area contributed by atoms with E-state index < -0.39 is 79.3 Å². The number of methoxy groups -OCH3 is 1. The van der Waals surface area contributed by atoms with Crippen molar-refractivity contribution >= 4 is 12.3 Å². The van der Waals surface area contributed by atoms with Gasteiger partial charge in [-0.05, 0) is 64.5 Å². The molecule has 3 heterocycles. The summed E-state index contributed by atoms with van der Waals surface area (Å²) in [6.45, 7) is 14.1. The molecule has 282 valence electrons. The van der Waals surface area contributed by atoms with E-state index >= 15 is 0 Å². The Morgan fingerprint density at radius 2 is 1.67 bits per heavy atom. The molecule has 0 saturated carbocycles. The summed E-state index contributed by atoms with van der Waals surface area (Å²) in [7, 11) is 5.08. The van der Waals surface area contributed by atoms with Crippen LogP contribution in [0, 0.1) is 23.2 Å². The zero-order valence-electron chi connectivity index (χ0n) is 31.1. The molecule has 12 nitrogen and oxygen atoms in total. The van der Waals surface area contributed by atoms with Crippen LogP contribution in [0.3, 0.4) is 0 Å². The maximum Gasteiger partial charge on any atom is 0.308 e. The molecule has 0 aliphatic carbocycles. The number of ether oxygens (including phenoxy) is 6. The second-order valence-corrected chi connectivity index (χ2v) is 15.3. The zero-order chi connectivity index (χ0) is 36.6. The SMILES string of the molecule is CO[C@@H]1[C@@H](O[C@@H]2OC(C)[C@H](O[C@H]3CC(C)(C)[C@@H](C)C(C)O3)C(N(C)C)C2O)[C@@H](CC=O)C[C@@H](C)[C@@H](O)/C=C/C=C/C[C@@H](C)OC(=O)C[C@@H]1O. The number of likely N-dealkylation sites (N-methyl/N-ethyl adjacent to an activating group) is 1. The van der Waals surface area contributed by atoms with Gasteiger partial charge in [-0.25, -0.2) is 0 Å². The minimum atomic E-state index is -1.37. The van der Waals surface area contributed by atoms with Crippen LogP contribution >= 0.6 is 0 Å². The van der Waals surface area contributed by atoms with E-state index in [2.05, 4.69) is 20.8 Å². The number of carbonyl (C=O) groups excluding carboxylic acids is 2. The molecule has 0 aromatic rings. The second kappa shape index (κ2) is 18.7. The molecule has 0 spiro atoms. The zero-order valence-corrected chi connectivity index (χ0v) is 31.1. The molecule has 2 saturated heterocycles. The Morgan fingerprint density at radius 3 is 2.29 bits per heavy atom. The molecular formula is C37H63NO11. The van der Waals surface area contributed by atoms with E-state index in [-0.39, 0.29) is 30.3 Å². The van der Waals surface area contributed by atoms with Gasteiger partial charge in [-0.15, -0.1) is 0 Å². The molecule has 15 atom stereocenters. The van der Waals surface area contributed by atoms with E-state index in [1.54, 1.807) is 25.2 Å². The first-order chi connectivity index (χ1) is 23.0. The van der Waals surface area contributed by atoms with Gasteiger partial charge >= 0.3 is 5.97 Å². The van der Waals surface area contributed by atoms with Crippen LogP contribution in [0.15, 0.2) is 24.3 Å². The van der Waals surface area contributed by atoms with Gasteiger partial charge < -0.3 is 53.4 Å². The fourth-order valence-electron chi connectivity index (χ4n) is 7.37. The van der Waals surface area contributed by atoms with Gasteiger partial charge in [0.2, 0.25) is 0 Å². The standard InChI is InChI=1S/C37H63NO11/c1-21-18-26(16-17-39)34(35(44-10)28(41)19-29(42)45-22(2)14-12-11-13-15-27(21)40)49-36-32(43)31(38(8)9)33(25(5)47-36)48-30-20-37(6,7)23(3)24(4)46-30/h11-13,15,17,21-28,30-36,40-41,43H,14,16,18-20H2,1-10H3/b12-11+,15-13+/t21-,22-,23+,24?,25?,26+,27+,28+,30+,31?,32?,33+,34+,35+,36+/m1/s1. The molecule has 0 aromatic heterocycles. The number of carbonyl (C=O) groups is 2. The quantitative estimate of drug-likeness (QED) is 0.252. The molecule has 3 aliphatic rings. The first-order valence-corrected chi connectivity index (χ1v) is 17.8. The molecule has 2 fully saturated rings. The van der Waals surface area contributed by atoms with E-state index in [0.717, 1.165) is 6.29 Å². The van der Waals surface area contributed by atoms with Crippen molar-refractivity contribution in [3.8, 4) is 0 Å². The number of rotatable bonds is 8. The summed E-state index contributed by atoms with van der Waals surface area (Å²) in [5.41, 5.74) is -0.0194. The number of esters is 1. The summed E-state index contributed by atoms with van der Waals surface area (Å²) in [6.07, 6.45) is -0.0462. The van der Waals surface area contributed by atoms with Crippen LogP contribution in [0.1, 0.15) is 80.6 Å². The van der Waals surface area contributed by atoms with Gasteiger partial charge in [0.1, 0.15) is 30.7 Å². The number of aldehydes is 1. The van der Waals surface area contributed by atoms with Gasteiger partial charge in [0, 0.05) is 26.4 Å². The van der Waals surface area contributed by atoms with Crippen LogP contribution in [-0.4, -0.2) is 127 Å². The molecule has 0 amide bonds. The molecule has 4 unspecified atom stereocenters. The Bertz CT molecular complexity index is 1100. The van der Waals surface area contributed by atoms with Crippen LogP contribution < -0.4 is 0 Å². The number of aliphatic hydroxyl groups excluding tert-OH is 3. The summed E-state index contributed by atoms with van der Waals surface area (Å²) in [6, 6.07) is -0.577. The van der Waals surface area contributed by atoms with Gasteiger partial charge in [-0.3, -0.25) is 4.79 Å². The average Bonchev–Trinajstić information content (AvgIpc) is 3.00. The van der Waals surface area contributed by atoms with Crippen molar-refractivity contribution in [3.63, 3.8) is 0 Å². The van der Waals surface area contributed by atoms with Crippen molar-refractivity contribution in [3.05, 3.63) is 24.3 Å². The third-order valence-electron chi connectivity index (χ3n) is 10.8. The molecule has 3 N–H and O–H groups in total. The number of aliphatic hydroxyl groups is 3. The van der Waals surface area contributed by atoms with Crippen LogP contribution in [0.25, 0.3) is 0 Å². The smallest absolute Gasteiger partial charge is 0.308 e. The van der Waals surface area contributed by atoms with Gasteiger partial charge in [0.05, 0.1) is 43.0 Å². The molecule has 3 aliphatic heterocycles. The average molecular weight is 698 g/mol. The van der Waals surface area contributed by atoms with E-state index in [1.165, 1.54) is 7.11 Å². The third-order valence-corrected chi connectivity index (χ3v) is 10.8. The predicted molar refractivity (Wildman–Crippen MR) is 183 cm³/mol. The lowest BCUT2D eigenvalue weighted by molar-refractivity contribution is -0.338. The van der Waals surface area contributed by atoms with E-state index in [9.17, 15) is 24.9 Å². The summed E-state index contributed by atoms with van der Waals surface area (Å²) < 4.78 is 37.1. The monoisotopic (exact) mass is 697 g/mol. The molecule has 3 rings (SSSR count). The highest BCUT2D eigenvalue weighted by atomic mass is 16.7. The Morgan fingerprint density at radius 1 is 0.980 bits per heavy atom. The molecule has 0 radical (unpaired) electrons. The molecule has 12 heteroatoms. The normalized spacial score (nSPS) is 44.2. The van der Waals surface area contributed by atoms with Gasteiger partial charge in [0.15, 0.2) is 12.6 Å². The first kappa shape index (κ1) is 41.7. The van der Waals surface area contributed by atoms with Crippen molar-refractivity contribution < 1.29 is 53.3 Å². The van der Waals surface area contributed by atoms with E-state index in [0.29, 0.717) is 25.2 Å². The number of hydrogen-bond donors (Lipinski definition) is 3. The van der Waals surface area contributed by atoms with Crippen molar-refractivity contribution in [2.75, 3.05) is 21.2 Å². The topological polar surface area (TPSA) is 153 Å². The second-order valence-electron chi connectivity index (χ2n) is 15.3. The summed E-state index contributed by atoms with van der Waals surface area (Å²) >= 11 is 0. The van der Waals surface area contributed by atoms with Crippen LogP contribution in [-0.2, 0) is 38.0 Å². The Kier molecular flexibility index (Phi) is 15.9. The fraction of sp³-hybridized carbons (Fsp3) is 0.838. The number of allylic oxidation sites excluding steroid dienone is 2. The van der Waals surface area contributed by atoms with Crippen LogP contribution in [0.4, 0.5) is 0 Å². The number of cyclic esters (lactones) is 1. The minimum Gasteiger partial charge on any atom is -0.462 e. The highest BCUT2D eigenvalue weighted by Crippen LogP contribution is 2.42. The maximum absolute atomic E-state index is 12.8. The lowest BCUT2D eigenvalue weighted by Gasteiger charge is -2.50. The van der Waals surface area contributed by atoms with Crippen molar-refractivity contribution in [1.82, 2.24) is 4.90 Å². The summed E-state index contributed by atoms with van der Waals surface area (Å²) in [4.78, 5) is 26.8. The molecule has 0 bridgehead atoms. The van der Waals surface area contributed by atoms with Crippen LogP contribution in [0.2, 0.25) is 0 Å². The highest BCUT2D eigenvalue weighted by molar-refractivity contribution is 5.70. The summed E-state index contributed by atoms with van der Waals surface area (Å²) in [5, 5.41) is 34.2. The van der Waals surface area contributed by atoms with E-state index in [1.807, 2.05) is 45.8 Å². The number of hydrogen-bond acceptors (Lipinski definition) is 12. The number of nitrogens with zero attached hydrogens (tertiary/aromatic N) is 1. The minimum absolute atomic E-state index is 0.00598. The van der Waals surface area contributed by atoms with Crippen molar-refractivity contribution in [1.29, 1.82) is 0 Å².